The summed E-state index contributed by atoms with van der Waals surface area (Å²) in [4.78, 5) is 0. The number of rotatable bonds is 0. The van der Waals surface area contributed by atoms with Crippen molar-refractivity contribution in [3.8, 4) is 0 Å². The summed E-state index contributed by atoms with van der Waals surface area (Å²) >= 11 is 0. The predicted molar refractivity (Wildman–Crippen MR) is 2.06 cm³/mol. The predicted octanol–water partition coefficient (Wildman–Crippen LogP) is -0.366. The SMILES string of the molecule is [Ce+3].[Ce+3].[Co].[Co].[Mo].[Mo].[O-2].[O-2].[O-2]. The number of hydrogen-bond acceptors (Lipinski definition) is 0. The molecule has 0 aliphatic carbocycles. The Morgan fingerprint density at radius 1 is 0.444 bits per heavy atom. The van der Waals surface area contributed by atoms with Gasteiger partial charge in [-0.3, -0.25) is 0 Å². The van der Waals surface area contributed by atoms with Crippen molar-refractivity contribution in [1.82, 2.24) is 0 Å². The minimum Gasteiger partial charge on any atom is -2.00 e. The molecule has 3 nitrogen and oxygen atoms in total. The first kappa shape index (κ1) is 94.3. The zero-order valence-electron chi connectivity index (χ0n) is 3.71. The Labute approximate surface area is 171 Å². The van der Waals surface area contributed by atoms with E-state index in [2.05, 4.69) is 0 Å². The first-order valence-electron chi connectivity index (χ1n) is 0. The van der Waals surface area contributed by atoms with Crippen molar-refractivity contribution in [2.75, 3.05) is 0 Å². The third-order valence-electron chi connectivity index (χ3n) is 0. The average Bonchev–Trinajstić information content (AvgIpc) is 0. The molecule has 0 rings (SSSR count). The van der Waals surface area contributed by atoms with E-state index >= 15 is 0 Å². The van der Waals surface area contributed by atoms with E-state index in [9.17, 15) is 0 Å². The van der Waals surface area contributed by atoms with E-state index in [1.54, 1.807) is 0 Å². The van der Waals surface area contributed by atoms with Crippen LogP contribution < -0.4 is 0 Å². The fraction of sp³-hybridized carbons (Fsp3) is 0. The Balaban J connectivity index is 0. The molecule has 0 aliphatic heterocycles. The van der Waals surface area contributed by atoms with Crippen molar-refractivity contribution >= 4 is 0 Å². The van der Waals surface area contributed by atoms with Crippen molar-refractivity contribution in [1.29, 1.82) is 0 Å². The van der Waals surface area contributed by atoms with Crippen LogP contribution in [-0.4, -0.2) is 0 Å². The zero-order valence-corrected chi connectivity index (χ0v) is 16.1. The van der Waals surface area contributed by atoms with Gasteiger partial charge in [-0.25, -0.2) is 0 Å². The smallest absolute Gasteiger partial charge is 2.00 e. The first-order valence-corrected chi connectivity index (χ1v) is 0. The van der Waals surface area contributed by atoms with Gasteiger partial charge in [0.15, 0.2) is 0 Å². The fourth-order valence-corrected chi connectivity index (χ4v) is 0. The molecule has 0 N–H and O–H groups in total. The summed E-state index contributed by atoms with van der Waals surface area (Å²) in [5.41, 5.74) is 0. The van der Waals surface area contributed by atoms with Crippen molar-refractivity contribution < 1.29 is 176 Å². The molecule has 4 radical (unpaired) electrons. The molecule has 0 heterocycles. The largest absolute Gasteiger partial charge is 3.00 e. The van der Waals surface area contributed by atoms with Gasteiger partial charge >= 0.3 is 83.5 Å². The Bertz CT molecular complexity index is 17.8. The Morgan fingerprint density at radius 3 is 0.444 bits per heavy atom. The molecule has 0 aliphatic rings. The normalized spacial score (nSPS) is 0. The molecule has 0 atom stereocenters. The van der Waals surface area contributed by atoms with Crippen molar-refractivity contribution in [3.05, 3.63) is 0 Å². The molecular formula is Ce2Co2Mo2O3. The second-order valence-electron chi connectivity index (χ2n) is 0. The topological polar surface area (TPSA) is 85.5 Å². The maximum atomic E-state index is 0. The summed E-state index contributed by atoms with van der Waals surface area (Å²) in [6.07, 6.45) is 0. The maximum absolute atomic E-state index is 0. The molecule has 0 spiro atoms. The van der Waals surface area contributed by atoms with Gasteiger partial charge in [0.05, 0.1) is 0 Å². The van der Waals surface area contributed by atoms with Crippen LogP contribution in [0.15, 0.2) is 0 Å². The summed E-state index contributed by atoms with van der Waals surface area (Å²) in [5.74, 6) is 0. The fourth-order valence-electron chi connectivity index (χ4n) is 0. The summed E-state index contributed by atoms with van der Waals surface area (Å²) in [6, 6.07) is 0. The van der Waals surface area contributed by atoms with Crippen LogP contribution in [0.1, 0.15) is 0 Å². The summed E-state index contributed by atoms with van der Waals surface area (Å²) in [7, 11) is 0. The van der Waals surface area contributed by atoms with E-state index in [1.165, 1.54) is 0 Å². The minimum absolute atomic E-state index is 0. The third kappa shape index (κ3) is 62.7. The van der Waals surface area contributed by atoms with Crippen LogP contribution in [0.3, 0.4) is 0 Å². The van der Waals surface area contributed by atoms with Crippen LogP contribution in [0.2, 0.25) is 0 Å². The van der Waals surface area contributed by atoms with Crippen LogP contribution in [0, 0.1) is 83.5 Å². The van der Waals surface area contributed by atoms with Gasteiger partial charge in [-0.05, 0) is 0 Å². The van der Waals surface area contributed by atoms with Gasteiger partial charge in [-0.15, -0.1) is 0 Å². The molecule has 0 amide bonds. The second kappa shape index (κ2) is 74.6. The molecule has 0 saturated heterocycles. The Kier molecular flexibility index (Phi) is 781. The van der Waals surface area contributed by atoms with E-state index in [4.69, 9.17) is 0 Å². The minimum atomic E-state index is 0. The molecule has 0 bridgehead atoms. The van der Waals surface area contributed by atoms with Gasteiger partial charge in [0.1, 0.15) is 0 Å². The van der Waals surface area contributed by atoms with Crippen molar-refractivity contribution in [3.63, 3.8) is 0 Å². The third-order valence-corrected chi connectivity index (χ3v) is 0. The van der Waals surface area contributed by atoms with Gasteiger partial charge in [0.2, 0.25) is 0 Å². The maximum Gasteiger partial charge on any atom is 3.00 e. The zero-order chi connectivity index (χ0) is 0. The van der Waals surface area contributed by atoms with Crippen LogP contribution in [0.5, 0.6) is 0 Å². The summed E-state index contributed by atoms with van der Waals surface area (Å²) in [6.45, 7) is 0. The van der Waals surface area contributed by atoms with E-state index in [0.29, 0.717) is 0 Å². The average molecular weight is 638 g/mol. The first-order chi connectivity index (χ1) is 0. The van der Waals surface area contributed by atoms with Crippen LogP contribution in [0.25, 0.3) is 0 Å². The van der Waals surface area contributed by atoms with E-state index in [-0.39, 0.29) is 176 Å². The summed E-state index contributed by atoms with van der Waals surface area (Å²) in [5, 5.41) is 0. The van der Waals surface area contributed by atoms with Gasteiger partial charge in [0.25, 0.3) is 0 Å². The molecule has 0 saturated carbocycles. The second-order valence-corrected chi connectivity index (χ2v) is 0. The molecular weight excluding hydrogens is 638 g/mol. The van der Waals surface area contributed by atoms with E-state index in [1.807, 2.05) is 0 Å². The van der Waals surface area contributed by atoms with Gasteiger partial charge in [-0.1, -0.05) is 0 Å². The van der Waals surface area contributed by atoms with E-state index in [0.717, 1.165) is 0 Å². The molecule has 0 unspecified atom stereocenters. The van der Waals surface area contributed by atoms with Gasteiger partial charge in [-0.2, -0.15) is 0 Å². The molecule has 0 fully saturated rings. The molecule has 9 heteroatoms. The molecule has 56 valence electrons. The standard InChI is InChI=1S/2Ce.2Co.2Mo.3O/q2*+3;;;;;3*-2. The molecule has 0 aromatic heterocycles. The molecule has 0 aromatic carbocycles. The van der Waals surface area contributed by atoms with Crippen molar-refractivity contribution in [2.24, 2.45) is 0 Å². The van der Waals surface area contributed by atoms with Crippen molar-refractivity contribution in [2.45, 2.75) is 0 Å². The van der Waals surface area contributed by atoms with Gasteiger partial charge in [0, 0.05) is 75.7 Å². The van der Waals surface area contributed by atoms with E-state index < -0.39 is 0 Å². The molecule has 9 heavy (non-hydrogen) atoms. The van der Waals surface area contributed by atoms with Gasteiger partial charge < -0.3 is 16.4 Å². The summed E-state index contributed by atoms with van der Waals surface area (Å²) < 4.78 is 0. The Hall–Kier alpha value is 5.02. The number of hydrogen-bond donors (Lipinski definition) is 0. The van der Waals surface area contributed by atoms with Crippen LogP contribution in [-0.2, 0) is 92.1 Å². The monoisotopic (exact) mass is 641 g/mol. The van der Waals surface area contributed by atoms with Crippen LogP contribution >= 0.6 is 0 Å². The quantitative estimate of drug-likeness (QED) is 0.325. The Morgan fingerprint density at radius 2 is 0.444 bits per heavy atom. The van der Waals surface area contributed by atoms with Crippen LogP contribution in [0.4, 0.5) is 0 Å². The molecule has 0 aromatic rings.